The van der Waals surface area contributed by atoms with Gasteiger partial charge < -0.3 is 14.0 Å². The Morgan fingerprint density at radius 2 is 1.20 bits per heavy atom. The first kappa shape index (κ1) is 25.5. The lowest BCUT2D eigenvalue weighted by molar-refractivity contribution is 0.00578. The van der Waals surface area contributed by atoms with Crippen LogP contribution in [-0.4, -0.2) is 30.3 Å². The van der Waals surface area contributed by atoms with Crippen LogP contribution in [0.15, 0.2) is 84.9 Å². The van der Waals surface area contributed by atoms with E-state index in [4.69, 9.17) is 14.0 Å². The van der Waals surface area contributed by atoms with Crippen LogP contribution in [0.2, 0.25) is 5.82 Å². The molecular weight excluding hydrogens is 433 g/mol. The van der Waals surface area contributed by atoms with Gasteiger partial charge in [0.1, 0.15) is 5.75 Å². The third kappa shape index (κ3) is 5.80. The van der Waals surface area contributed by atoms with Gasteiger partial charge in [-0.05, 0) is 56.5 Å². The standard InChI is InChI=1S/C30H38BNO3/c1-23(31-34-29(2,3)30(4,5)35-31)28(26-17-19-27(33-6)20-18-26)32(21-24-13-9-7-10-14-24)22-25-15-11-8-12-16-25/h7-20,23,28H,21-22H2,1-6H3/t23-,28-/m1/s1. The van der Waals surface area contributed by atoms with Gasteiger partial charge >= 0.3 is 7.12 Å². The van der Waals surface area contributed by atoms with Gasteiger partial charge in [0.2, 0.25) is 0 Å². The lowest BCUT2D eigenvalue weighted by Crippen LogP contribution is -2.41. The molecule has 1 saturated heterocycles. The normalized spacial score (nSPS) is 18.4. The van der Waals surface area contributed by atoms with Crippen LogP contribution in [0.3, 0.4) is 0 Å². The molecule has 1 fully saturated rings. The summed E-state index contributed by atoms with van der Waals surface area (Å²) in [6.45, 7) is 12.4. The van der Waals surface area contributed by atoms with Crippen LogP contribution in [-0.2, 0) is 22.4 Å². The molecular formula is C30H38BNO3. The third-order valence-corrected chi connectivity index (χ3v) is 7.51. The molecule has 2 atom stereocenters. The molecule has 1 aliphatic rings. The zero-order chi connectivity index (χ0) is 25.1. The Bertz CT molecular complexity index is 1010. The first-order chi connectivity index (χ1) is 16.7. The minimum absolute atomic E-state index is 0.0658. The van der Waals surface area contributed by atoms with Gasteiger partial charge in [-0.1, -0.05) is 79.7 Å². The van der Waals surface area contributed by atoms with Crippen LogP contribution in [0.1, 0.15) is 57.4 Å². The molecule has 0 saturated carbocycles. The predicted molar refractivity (Wildman–Crippen MR) is 143 cm³/mol. The van der Waals surface area contributed by atoms with Crippen LogP contribution < -0.4 is 4.74 Å². The van der Waals surface area contributed by atoms with Crippen molar-refractivity contribution in [3.05, 3.63) is 102 Å². The topological polar surface area (TPSA) is 30.9 Å². The summed E-state index contributed by atoms with van der Waals surface area (Å²) in [5.41, 5.74) is 3.03. The average Bonchev–Trinajstić information content (AvgIpc) is 3.07. The molecule has 0 spiro atoms. The van der Waals surface area contributed by atoms with E-state index < -0.39 is 0 Å². The molecule has 35 heavy (non-hydrogen) atoms. The summed E-state index contributed by atoms with van der Waals surface area (Å²) >= 11 is 0. The Labute approximate surface area is 211 Å². The molecule has 5 heteroatoms. The maximum atomic E-state index is 6.55. The molecule has 0 bridgehead atoms. The molecule has 1 aliphatic heterocycles. The van der Waals surface area contributed by atoms with E-state index in [0.29, 0.717) is 0 Å². The van der Waals surface area contributed by atoms with Crippen LogP contribution in [0.4, 0.5) is 0 Å². The summed E-state index contributed by atoms with van der Waals surface area (Å²) in [5, 5.41) is 0. The third-order valence-electron chi connectivity index (χ3n) is 7.51. The van der Waals surface area contributed by atoms with Crippen molar-refractivity contribution < 1.29 is 14.0 Å². The SMILES string of the molecule is COc1ccc([C@@H]([C@@H](C)B2OC(C)(C)C(C)(C)O2)N(Cc2ccccc2)Cc2ccccc2)cc1. The van der Waals surface area contributed by atoms with E-state index in [2.05, 4.69) is 112 Å². The zero-order valence-corrected chi connectivity index (χ0v) is 21.9. The quantitative estimate of drug-likeness (QED) is 0.317. The van der Waals surface area contributed by atoms with E-state index >= 15 is 0 Å². The molecule has 0 amide bonds. The van der Waals surface area contributed by atoms with Gasteiger partial charge in [-0.25, -0.2) is 0 Å². The molecule has 0 N–H and O–H groups in total. The highest BCUT2D eigenvalue weighted by Crippen LogP contribution is 2.45. The van der Waals surface area contributed by atoms with E-state index in [1.165, 1.54) is 16.7 Å². The fourth-order valence-electron chi connectivity index (χ4n) is 4.79. The lowest BCUT2D eigenvalue weighted by Gasteiger charge is -2.37. The zero-order valence-electron chi connectivity index (χ0n) is 21.9. The van der Waals surface area contributed by atoms with Crippen LogP contribution in [0, 0.1) is 0 Å². The van der Waals surface area contributed by atoms with Crippen molar-refractivity contribution in [3.63, 3.8) is 0 Å². The summed E-state index contributed by atoms with van der Waals surface area (Å²) in [7, 11) is 1.39. The molecule has 3 aromatic carbocycles. The van der Waals surface area contributed by atoms with Crippen molar-refractivity contribution in [2.45, 2.75) is 70.8 Å². The van der Waals surface area contributed by atoms with Crippen molar-refractivity contribution in [2.24, 2.45) is 0 Å². The second kappa shape index (κ2) is 10.6. The maximum absolute atomic E-state index is 6.55. The van der Waals surface area contributed by atoms with E-state index in [1.54, 1.807) is 7.11 Å². The maximum Gasteiger partial charge on any atom is 0.462 e. The molecule has 4 rings (SSSR count). The summed E-state index contributed by atoms with van der Waals surface area (Å²) in [6, 6.07) is 29.9. The monoisotopic (exact) mass is 471 g/mol. The average molecular weight is 471 g/mol. The minimum Gasteiger partial charge on any atom is -0.497 e. The largest absolute Gasteiger partial charge is 0.497 e. The van der Waals surface area contributed by atoms with E-state index in [-0.39, 0.29) is 30.2 Å². The second-order valence-electron chi connectivity index (χ2n) is 10.6. The fraction of sp³-hybridized carbons (Fsp3) is 0.400. The fourth-order valence-corrected chi connectivity index (χ4v) is 4.79. The van der Waals surface area contributed by atoms with Crippen molar-refractivity contribution >= 4 is 7.12 Å². The smallest absolute Gasteiger partial charge is 0.462 e. The number of nitrogens with zero attached hydrogens (tertiary/aromatic N) is 1. The molecule has 0 radical (unpaired) electrons. The van der Waals surface area contributed by atoms with Gasteiger partial charge in [0.25, 0.3) is 0 Å². The highest BCUT2D eigenvalue weighted by atomic mass is 16.7. The van der Waals surface area contributed by atoms with E-state index in [1.807, 2.05) is 12.1 Å². The molecule has 1 heterocycles. The molecule has 0 aromatic heterocycles. The van der Waals surface area contributed by atoms with Gasteiger partial charge in [-0.2, -0.15) is 0 Å². The van der Waals surface area contributed by atoms with Crippen molar-refractivity contribution in [1.82, 2.24) is 4.90 Å². The second-order valence-corrected chi connectivity index (χ2v) is 10.6. The predicted octanol–water partition coefficient (Wildman–Crippen LogP) is 6.92. The summed E-state index contributed by atoms with van der Waals surface area (Å²) in [5.74, 6) is 0.935. The van der Waals surface area contributed by atoms with Crippen molar-refractivity contribution in [1.29, 1.82) is 0 Å². The van der Waals surface area contributed by atoms with Gasteiger partial charge in [0.05, 0.1) is 18.3 Å². The van der Waals surface area contributed by atoms with Crippen LogP contribution in [0.25, 0.3) is 0 Å². The Hall–Kier alpha value is -2.60. The first-order valence-corrected chi connectivity index (χ1v) is 12.5. The van der Waals surface area contributed by atoms with Crippen molar-refractivity contribution in [3.8, 4) is 5.75 Å². The first-order valence-electron chi connectivity index (χ1n) is 12.5. The Balaban J connectivity index is 1.74. The molecule has 4 nitrogen and oxygen atoms in total. The minimum atomic E-state index is -0.375. The van der Waals surface area contributed by atoms with Gasteiger partial charge in [-0.3, -0.25) is 4.90 Å². The number of methoxy groups -OCH3 is 1. The Morgan fingerprint density at radius 3 is 1.63 bits per heavy atom. The lowest BCUT2D eigenvalue weighted by atomic mass is 9.66. The molecule has 0 aliphatic carbocycles. The van der Waals surface area contributed by atoms with E-state index in [0.717, 1.165) is 18.8 Å². The number of hydrogen-bond acceptors (Lipinski definition) is 4. The Kier molecular flexibility index (Phi) is 7.70. The van der Waals surface area contributed by atoms with Gasteiger partial charge in [-0.15, -0.1) is 0 Å². The summed E-state index contributed by atoms with van der Waals surface area (Å²) < 4.78 is 18.6. The molecule has 0 unspecified atom stereocenters. The van der Waals surface area contributed by atoms with Gasteiger partial charge in [0, 0.05) is 24.9 Å². The number of hydrogen-bond donors (Lipinski definition) is 0. The number of benzene rings is 3. The molecule has 3 aromatic rings. The van der Waals surface area contributed by atoms with E-state index in [9.17, 15) is 0 Å². The van der Waals surface area contributed by atoms with Crippen LogP contribution >= 0.6 is 0 Å². The molecule has 184 valence electrons. The summed E-state index contributed by atoms with van der Waals surface area (Å²) in [6.07, 6.45) is 0. The highest BCUT2D eigenvalue weighted by Gasteiger charge is 2.54. The number of ether oxygens (including phenoxy) is 1. The van der Waals surface area contributed by atoms with Crippen LogP contribution in [0.5, 0.6) is 5.75 Å². The Morgan fingerprint density at radius 1 is 0.743 bits per heavy atom. The van der Waals surface area contributed by atoms with Gasteiger partial charge in [0.15, 0.2) is 0 Å². The number of rotatable bonds is 9. The van der Waals surface area contributed by atoms with Crippen molar-refractivity contribution in [2.75, 3.05) is 7.11 Å². The summed E-state index contributed by atoms with van der Waals surface area (Å²) in [4.78, 5) is 2.54. The highest BCUT2D eigenvalue weighted by molar-refractivity contribution is 6.47.